The number of rotatable bonds is 7. The summed E-state index contributed by atoms with van der Waals surface area (Å²) in [7, 11) is -2.84. The van der Waals surface area contributed by atoms with Crippen LogP contribution in [0.2, 0.25) is 0 Å². The number of carbonyl (C=O) groups excluding carboxylic acids is 1. The number of ether oxygens (including phenoxy) is 1. The molecule has 1 amide bonds. The van der Waals surface area contributed by atoms with Gasteiger partial charge in [-0.2, -0.15) is 0 Å². The molecule has 1 aromatic carbocycles. The minimum Gasteiger partial charge on any atom is -0.480 e. The smallest absolute Gasteiger partial charge is 0.275 e. The number of pyridine rings is 1. The molecule has 0 aliphatic rings. The number of hydrogen-bond donors (Lipinski definition) is 2. The Labute approximate surface area is 187 Å². The molecule has 3 heterocycles. The zero-order valence-corrected chi connectivity index (χ0v) is 18.5. The summed E-state index contributed by atoms with van der Waals surface area (Å²) >= 11 is 1.33. The highest BCUT2D eigenvalue weighted by atomic mass is 32.2. The Balaban J connectivity index is 1.57. The van der Waals surface area contributed by atoms with Crippen molar-refractivity contribution < 1.29 is 22.5 Å². The summed E-state index contributed by atoms with van der Waals surface area (Å²) in [4.78, 5) is 20.7. The van der Waals surface area contributed by atoms with Crippen LogP contribution in [-0.4, -0.2) is 36.6 Å². The third-order valence-corrected chi connectivity index (χ3v) is 6.41. The molecule has 4 aromatic rings. The second kappa shape index (κ2) is 8.77. The first-order valence-electron chi connectivity index (χ1n) is 9.18. The van der Waals surface area contributed by atoms with Crippen LogP contribution in [0.4, 0.5) is 11.6 Å². The summed E-state index contributed by atoms with van der Waals surface area (Å²) < 4.78 is 37.9. The summed E-state index contributed by atoms with van der Waals surface area (Å²) in [5, 5.41) is 8.57. The van der Waals surface area contributed by atoms with Crippen molar-refractivity contribution in [2.45, 2.75) is 11.8 Å². The van der Waals surface area contributed by atoms with Crippen LogP contribution in [0.1, 0.15) is 16.2 Å². The minimum absolute atomic E-state index is 0.0603. The summed E-state index contributed by atoms with van der Waals surface area (Å²) in [5.74, 6) is -0.709. The largest absolute Gasteiger partial charge is 0.480 e. The lowest BCUT2D eigenvalue weighted by Gasteiger charge is -2.11. The predicted molar refractivity (Wildman–Crippen MR) is 118 cm³/mol. The molecule has 0 unspecified atom stereocenters. The van der Waals surface area contributed by atoms with E-state index >= 15 is 0 Å². The Hall–Kier alpha value is -3.77. The predicted octanol–water partition coefficient (Wildman–Crippen LogP) is 3.56. The van der Waals surface area contributed by atoms with E-state index in [2.05, 4.69) is 25.2 Å². The molecule has 0 saturated heterocycles. The third kappa shape index (κ3) is 4.60. The van der Waals surface area contributed by atoms with Gasteiger partial charge in [0, 0.05) is 17.0 Å². The van der Waals surface area contributed by atoms with Crippen LogP contribution in [0, 0.1) is 6.92 Å². The van der Waals surface area contributed by atoms with E-state index in [1.54, 1.807) is 12.3 Å². The van der Waals surface area contributed by atoms with Crippen LogP contribution in [0.15, 0.2) is 63.5 Å². The molecule has 0 radical (unpaired) electrons. The van der Waals surface area contributed by atoms with Gasteiger partial charge in [0.2, 0.25) is 11.8 Å². The highest BCUT2D eigenvalue weighted by Crippen LogP contribution is 2.28. The number of amides is 1. The summed E-state index contributed by atoms with van der Waals surface area (Å²) in [6.45, 7) is 1.65. The number of sulfonamides is 1. The lowest BCUT2D eigenvalue weighted by molar-refractivity contribution is 0.102. The number of methoxy groups -OCH3 is 1. The molecule has 4 rings (SSSR count). The number of anilines is 2. The average molecular weight is 472 g/mol. The molecule has 12 heteroatoms. The molecule has 3 aromatic heterocycles. The maximum Gasteiger partial charge on any atom is 0.275 e. The van der Waals surface area contributed by atoms with E-state index in [9.17, 15) is 13.2 Å². The van der Waals surface area contributed by atoms with Gasteiger partial charge >= 0.3 is 0 Å². The monoisotopic (exact) mass is 471 g/mol. The van der Waals surface area contributed by atoms with E-state index in [1.165, 1.54) is 36.8 Å². The number of thiazole rings is 1. The van der Waals surface area contributed by atoms with E-state index in [-0.39, 0.29) is 28.0 Å². The van der Waals surface area contributed by atoms with E-state index in [0.717, 1.165) is 5.56 Å². The molecule has 0 spiro atoms. The van der Waals surface area contributed by atoms with Crippen LogP contribution >= 0.6 is 11.3 Å². The molecule has 2 N–H and O–H groups in total. The van der Waals surface area contributed by atoms with Crippen molar-refractivity contribution >= 4 is 38.8 Å². The molecular formula is C20H17N5O5S2. The zero-order chi connectivity index (χ0) is 22.7. The number of hydrogen-bond acceptors (Lipinski definition) is 9. The van der Waals surface area contributed by atoms with Crippen molar-refractivity contribution in [1.82, 2.24) is 15.1 Å². The van der Waals surface area contributed by atoms with Gasteiger partial charge in [-0.05, 0) is 13.0 Å². The number of nitrogens with one attached hydrogen (secondary N) is 2. The van der Waals surface area contributed by atoms with Gasteiger partial charge in [0.15, 0.2) is 4.90 Å². The SMILES string of the molecule is COc1ncc(NC(=O)c2csc(-c3ccccc3)n2)cc1S(=O)(=O)Nc1cc(C)no1. The number of carbonyl (C=O) groups is 1. The van der Waals surface area contributed by atoms with Gasteiger partial charge < -0.3 is 14.6 Å². The van der Waals surface area contributed by atoms with Gasteiger partial charge in [0.05, 0.1) is 24.7 Å². The van der Waals surface area contributed by atoms with Gasteiger partial charge in [0.1, 0.15) is 10.7 Å². The Morgan fingerprint density at radius 1 is 1.19 bits per heavy atom. The molecule has 32 heavy (non-hydrogen) atoms. The quantitative estimate of drug-likeness (QED) is 0.417. The molecular weight excluding hydrogens is 454 g/mol. The molecule has 164 valence electrons. The number of aryl methyl sites for hydroxylation is 1. The number of aromatic nitrogens is 3. The Morgan fingerprint density at radius 3 is 2.66 bits per heavy atom. The van der Waals surface area contributed by atoms with Crippen molar-refractivity contribution in [1.29, 1.82) is 0 Å². The molecule has 0 aliphatic carbocycles. The molecule has 0 fully saturated rings. The second-order valence-corrected chi connectivity index (χ2v) is 9.04. The molecule has 0 bridgehead atoms. The van der Waals surface area contributed by atoms with Gasteiger partial charge in [-0.25, -0.2) is 23.1 Å². The van der Waals surface area contributed by atoms with Crippen molar-refractivity contribution in [3.8, 4) is 16.5 Å². The standard InChI is InChI=1S/C20H17N5O5S2/c1-12-8-17(30-24-12)25-32(27,28)16-9-14(10-21-19(16)29-2)22-18(26)15-11-31-20(23-15)13-6-4-3-5-7-13/h3-11,25H,1-2H3,(H,22,26). The third-order valence-electron chi connectivity index (χ3n) is 4.18. The topological polar surface area (TPSA) is 136 Å². The van der Waals surface area contributed by atoms with Crippen molar-refractivity contribution in [2.75, 3.05) is 17.1 Å². The lowest BCUT2D eigenvalue weighted by Crippen LogP contribution is -2.16. The van der Waals surface area contributed by atoms with Crippen molar-refractivity contribution in [2.24, 2.45) is 0 Å². The normalized spacial score (nSPS) is 11.2. The van der Waals surface area contributed by atoms with E-state index in [4.69, 9.17) is 9.26 Å². The first kappa shape index (κ1) is 21.5. The highest BCUT2D eigenvalue weighted by Gasteiger charge is 2.24. The first-order chi connectivity index (χ1) is 15.4. The molecule has 0 aliphatic heterocycles. The van der Waals surface area contributed by atoms with Crippen LogP contribution in [0.3, 0.4) is 0 Å². The Morgan fingerprint density at radius 2 is 1.97 bits per heavy atom. The number of nitrogens with zero attached hydrogens (tertiary/aromatic N) is 3. The zero-order valence-electron chi connectivity index (χ0n) is 16.9. The van der Waals surface area contributed by atoms with E-state index in [1.807, 2.05) is 30.3 Å². The van der Waals surface area contributed by atoms with Gasteiger partial charge in [-0.3, -0.25) is 4.79 Å². The van der Waals surface area contributed by atoms with Crippen molar-refractivity contribution in [3.05, 3.63) is 65.4 Å². The molecule has 10 nitrogen and oxygen atoms in total. The fourth-order valence-electron chi connectivity index (χ4n) is 2.73. The van der Waals surface area contributed by atoms with Crippen LogP contribution in [0.5, 0.6) is 5.88 Å². The van der Waals surface area contributed by atoms with Crippen LogP contribution in [0.25, 0.3) is 10.6 Å². The van der Waals surface area contributed by atoms with Crippen LogP contribution < -0.4 is 14.8 Å². The van der Waals surface area contributed by atoms with Crippen LogP contribution in [-0.2, 0) is 10.0 Å². The fourth-order valence-corrected chi connectivity index (χ4v) is 4.66. The van der Waals surface area contributed by atoms with E-state index < -0.39 is 15.9 Å². The van der Waals surface area contributed by atoms with Gasteiger partial charge in [-0.1, -0.05) is 35.5 Å². The number of benzene rings is 1. The van der Waals surface area contributed by atoms with Crippen molar-refractivity contribution in [3.63, 3.8) is 0 Å². The Kier molecular flexibility index (Phi) is 5.88. The maximum atomic E-state index is 12.8. The first-order valence-corrected chi connectivity index (χ1v) is 11.5. The van der Waals surface area contributed by atoms with Gasteiger partial charge in [0.25, 0.3) is 15.9 Å². The molecule has 0 atom stereocenters. The fraction of sp³-hybridized carbons (Fsp3) is 0.100. The van der Waals surface area contributed by atoms with E-state index in [0.29, 0.717) is 10.7 Å². The minimum atomic E-state index is -4.13. The second-order valence-electron chi connectivity index (χ2n) is 6.53. The average Bonchev–Trinajstić information content (AvgIpc) is 3.43. The summed E-state index contributed by atoms with van der Waals surface area (Å²) in [5.41, 5.74) is 1.75. The summed E-state index contributed by atoms with van der Waals surface area (Å²) in [6.07, 6.45) is 1.29. The lowest BCUT2D eigenvalue weighted by atomic mass is 10.2. The molecule has 0 saturated carbocycles. The maximum absolute atomic E-state index is 12.8. The Bertz CT molecular complexity index is 1370. The highest BCUT2D eigenvalue weighted by molar-refractivity contribution is 7.92. The summed E-state index contributed by atoms with van der Waals surface area (Å²) in [6, 6.07) is 12.1. The van der Waals surface area contributed by atoms with Gasteiger partial charge in [-0.15, -0.1) is 11.3 Å².